The largest absolute Gasteiger partial charge is 0.496 e. The lowest BCUT2D eigenvalue weighted by molar-refractivity contribution is 0.203. The summed E-state index contributed by atoms with van der Waals surface area (Å²) in [5.41, 5.74) is 3.03. The molecule has 0 saturated carbocycles. The molecule has 2 N–H and O–H groups in total. The van der Waals surface area contributed by atoms with Gasteiger partial charge in [-0.2, -0.15) is 0 Å². The molecule has 1 aromatic heterocycles. The fraction of sp³-hybridized carbons (Fsp3) is 0.571. The monoisotopic (exact) mass is 280 g/mol. The van der Waals surface area contributed by atoms with Crippen LogP contribution in [0.5, 0.6) is 5.75 Å². The number of aromatic nitrogens is 1. The van der Waals surface area contributed by atoms with Crippen molar-refractivity contribution in [1.82, 2.24) is 15.6 Å². The summed E-state index contributed by atoms with van der Waals surface area (Å²) in [7, 11) is 5.08. The Balaban J connectivity index is 2.65. The van der Waals surface area contributed by atoms with E-state index in [0.717, 1.165) is 28.5 Å². The van der Waals surface area contributed by atoms with Crippen LogP contribution < -0.4 is 15.4 Å². The lowest BCUT2D eigenvalue weighted by Gasteiger charge is -2.15. The Bertz CT molecular complexity index is 461. The molecule has 1 heterocycles. The Kier molecular flexibility index (Phi) is 6.79. The predicted octanol–water partition coefficient (Wildman–Crippen LogP) is 1.02. The minimum absolute atomic E-state index is 0.592. The van der Waals surface area contributed by atoms with Crippen molar-refractivity contribution in [2.45, 2.75) is 20.4 Å². The molecule has 0 aliphatic rings. The van der Waals surface area contributed by atoms with Crippen LogP contribution in [0, 0.1) is 13.8 Å². The van der Waals surface area contributed by atoms with E-state index in [-0.39, 0.29) is 0 Å². The number of guanidine groups is 1. The van der Waals surface area contributed by atoms with Crippen LogP contribution >= 0.6 is 0 Å². The maximum Gasteiger partial charge on any atom is 0.191 e. The zero-order chi connectivity index (χ0) is 15.0. The molecular weight excluding hydrogens is 256 g/mol. The molecule has 0 aliphatic carbocycles. The molecule has 0 saturated heterocycles. The highest BCUT2D eigenvalue weighted by molar-refractivity contribution is 5.79. The molecule has 6 heteroatoms. The molecular formula is C14H24N4O2. The molecule has 1 aromatic rings. The van der Waals surface area contributed by atoms with Crippen LogP contribution in [0.3, 0.4) is 0 Å². The summed E-state index contributed by atoms with van der Waals surface area (Å²) >= 11 is 0. The van der Waals surface area contributed by atoms with Crippen molar-refractivity contribution < 1.29 is 9.47 Å². The van der Waals surface area contributed by atoms with E-state index in [9.17, 15) is 0 Å². The van der Waals surface area contributed by atoms with Gasteiger partial charge < -0.3 is 20.1 Å². The predicted molar refractivity (Wildman–Crippen MR) is 80.3 cm³/mol. The third-order valence-electron chi connectivity index (χ3n) is 3.00. The number of nitrogens with zero attached hydrogens (tertiary/aromatic N) is 2. The van der Waals surface area contributed by atoms with Gasteiger partial charge in [0.25, 0.3) is 0 Å². The van der Waals surface area contributed by atoms with Crippen molar-refractivity contribution in [3.63, 3.8) is 0 Å². The standard InChI is InChI=1S/C14H24N4O2/c1-10-8-17-12(11(2)13(10)20-5)9-18-14(15-3)16-6-7-19-4/h8H,6-7,9H2,1-5H3,(H2,15,16,18). The summed E-state index contributed by atoms with van der Waals surface area (Å²) in [5.74, 6) is 1.61. The molecule has 0 unspecified atom stereocenters. The van der Waals surface area contributed by atoms with Gasteiger partial charge >= 0.3 is 0 Å². The number of nitrogens with one attached hydrogen (secondary N) is 2. The highest BCUT2D eigenvalue weighted by Gasteiger charge is 2.09. The number of hydrogen-bond acceptors (Lipinski definition) is 4. The number of hydrogen-bond donors (Lipinski definition) is 2. The zero-order valence-corrected chi connectivity index (χ0v) is 12.9. The first kappa shape index (κ1) is 16.2. The maximum absolute atomic E-state index is 5.40. The summed E-state index contributed by atoms with van der Waals surface area (Å²) in [5, 5.41) is 6.38. The first-order chi connectivity index (χ1) is 9.63. The van der Waals surface area contributed by atoms with E-state index >= 15 is 0 Å². The molecule has 0 bridgehead atoms. The summed E-state index contributed by atoms with van der Waals surface area (Å²) in [4.78, 5) is 8.58. The van der Waals surface area contributed by atoms with Crippen molar-refractivity contribution >= 4 is 5.96 Å². The maximum atomic E-state index is 5.40. The number of pyridine rings is 1. The Morgan fingerprint density at radius 3 is 2.65 bits per heavy atom. The van der Waals surface area contributed by atoms with Crippen LogP contribution in [-0.4, -0.2) is 45.4 Å². The average molecular weight is 280 g/mol. The number of ether oxygens (including phenoxy) is 2. The third kappa shape index (κ3) is 4.38. The van der Waals surface area contributed by atoms with Crippen molar-refractivity contribution in [2.75, 3.05) is 34.4 Å². The van der Waals surface area contributed by atoms with E-state index in [4.69, 9.17) is 9.47 Å². The minimum atomic E-state index is 0.592. The van der Waals surface area contributed by atoms with Crippen LogP contribution in [0.1, 0.15) is 16.8 Å². The van der Waals surface area contributed by atoms with E-state index < -0.39 is 0 Å². The average Bonchev–Trinajstić information content (AvgIpc) is 2.45. The molecule has 0 aromatic carbocycles. The molecule has 0 atom stereocenters. The first-order valence-electron chi connectivity index (χ1n) is 6.56. The van der Waals surface area contributed by atoms with Crippen molar-refractivity contribution in [3.05, 3.63) is 23.0 Å². The Labute approximate surface area is 120 Å². The fourth-order valence-corrected chi connectivity index (χ4v) is 1.91. The fourth-order valence-electron chi connectivity index (χ4n) is 1.91. The van der Waals surface area contributed by atoms with E-state index in [1.165, 1.54) is 0 Å². The second-order valence-electron chi connectivity index (χ2n) is 4.39. The number of aliphatic imine (C=N–C) groups is 1. The van der Waals surface area contributed by atoms with Gasteiger partial charge in [0.1, 0.15) is 5.75 Å². The van der Waals surface area contributed by atoms with Gasteiger partial charge in [-0.15, -0.1) is 0 Å². The molecule has 0 fully saturated rings. The quantitative estimate of drug-likeness (QED) is 0.462. The smallest absolute Gasteiger partial charge is 0.191 e. The molecule has 6 nitrogen and oxygen atoms in total. The summed E-state index contributed by atoms with van der Waals surface area (Å²) < 4.78 is 10.4. The van der Waals surface area contributed by atoms with E-state index in [1.54, 1.807) is 21.3 Å². The summed E-state index contributed by atoms with van der Waals surface area (Å²) in [6, 6.07) is 0. The van der Waals surface area contributed by atoms with Crippen molar-refractivity contribution in [1.29, 1.82) is 0 Å². The second-order valence-corrected chi connectivity index (χ2v) is 4.39. The number of methoxy groups -OCH3 is 2. The van der Waals surface area contributed by atoms with E-state index in [1.807, 2.05) is 20.0 Å². The van der Waals surface area contributed by atoms with Crippen molar-refractivity contribution in [3.8, 4) is 5.75 Å². The summed E-state index contributed by atoms with van der Waals surface area (Å²) in [6.45, 7) is 5.93. The van der Waals surface area contributed by atoms with Gasteiger partial charge in [0.05, 0.1) is 26.0 Å². The first-order valence-corrected chi connectivity index (χ1v) is 6.56. The third-order valence-corrected chi connectivity index (χ3v) is 3.00. The van der Waals surface area contributed by atoms with Crippen LogP contribution in [0.25, 0.3) is 0 Å². The Morgan fingerprint density at radius 2 is 2.05 bits per heavy atom. The highest BCUT2D eigenvalue weighted by atomic mass is 16.5. The molecule has 112 valence electrons. The molecule has 0 spiro atoms. The number of aryl methyl sites for hydroxylation is 1. The van der Waals surface area contributed by atoms with Gasteiger partial charge in [-0.25, -0.2) is 0 Å². The SMILES string of the molecule is CN=C(NCCOC)NCc1ncc(C)c(OC)c1C. The Hall–Kier alpha value is -1.82. The van der Waals surface area contributed by atoms with Crippen LogP contribution in [-0.2, 0) is 11.3 Å². The van der Waals surface area contributed by atoms with Gasteiger partial charge in [0.15, 0.2) is 5.96 Å². The normalized spacial score (nSPS) is 11.3. The summed E-state index contributed by atoms with van der Waals surface area (Å²) in [6.07, 6.45) is 1.82. The van der Waals surface area contributed by atoms with Gasteiger partial charge in [-0.05, 0) is 13.8 Å². The molecule has 0 amide bonds. The second kappa shape index (κ2) is 8.37. The van der Waals surface area contributed by atoms with E-state index in [2.05, 4.69) is 20.6 Å². The highest BCUT2D eigenvalue weighted by Crippen LogP contribution is 2.23. The van der Waals surface area contributed by atoms with Crippen LogP contribution in [0.15, 0.2) is 11.2 Å². The van der Waals surface area contributed by atoms with Crippen LogP contribution in [0.4, 0.5) is 0 Å². The number of rotatable bonds is 6. The van der Waals surface area contributed by atoms with Crippen LogP contribution in [0.2, 0.25) is 0 Å². The molecule has 20 heavy (non-hydrogen) atoms. The molecule has 0 radical (unpaired) electrons. The van der Waals surface area contributed by atoms with Gasteiger partial charge in [0.2, 0.25) is 0 Å². The van der Waals surface area contributed by atoms with Gasteiger partial charge in [-0.3, -0.25) is 9.98 Å². The van der Waals surface area contributed by atoms with Gasteiger partial charge in [-0.1, -0.05) is 0 Å². The van der Waals surface area contributed by atoms with Crippen molar-refractivity contribution in [2.24, 2.45) is 4.99 Å². The molecule has 0 aliphatic heterocycles. The zero-order valence-electron chi connectivity index (χ0n) is 12.9. The van der Waals surface area contributed by atoms with E-state index in [0.29, 0.717) is 19.7 Å². The van der Waals surface area contributed by atoms with Gasteiger partial charge in [0, 0.05) is 38.0 Å². The minimum Gasteiger partial charge on any atom is -0.496 e. The Morgan fingerprint density at radius 1 is 1.30 bits per heavy atom. The lowest BCUT2D eigenvalue weighted by Crippen LogP contribution is -2.38. The lowest BCUT2D eigenvalue weighted by atomic mass is 10.1. The topological polar surface area (TPSA) is 67.8 Å². The molecule has 1 rings (SSSR count).